The van der Waals surface area contributed by atoms with Gasteiger partial charge in [0.25, 0.3) is 0 Å². The van der Waals surface area contributed by atoms with Gasteiger partial charge in [-0.15, -0.1) is 0 Å². The molecule has 1 saturated heterocycles. The summed E-state index contributed by atoms with van der Waals surface area (Å²) in [5.74, 6) is 0. The molecular weight excluding hydrogens is 77.0 g/mol. The van der Waals surface area contributed by atoms with E-state index in [4.69, 9.17) is 0 Å². The fourth-order valence-electron chi connectivity index (χ4n) is 0.102. The molecule has 0 aromatic carbocycles. The first-order valence-corrected chi connectivity index (χ1v) is 1.35. The van der Waals surface area contributed by atoms with Gasteiger partial charge >= 0.3 is 0 Å². The molecule has 0 saturated carbocycles. The Labute approximate surface area is 53.1 Å². The van der Waals surface area contributed by atoms with Crippen molar-refractivity contribution in [3.05, 3.63) is 0 Å². The van der Waals surface area contributed by atoms with Crippen molar-refractivity contribution in [2.45, 2.75) is 0 Å². The van der Waals surface area contributed by atoms with Gasteiger partial charge in [-0.05, 0) is 0 Å². The number of hydrogen-bond donors (Lipinski definition) is 1. The molecular formula is C2H5NNaO. The van der Waals surface area contributed by atoms with Crippen LogP contribution in [0.15, 0.2) is 0 Å². The predicted molar refractivity (Wildman–Crippen MR) is 19.7 cm³/mol. The zero-order valence-corrected chi connectivity index (χ0v) is 5.32. The van der Waals surface area contributed by atoms with Gasteiger partial charge in [0.1, 0.15) is 0 Å². The van der Waals surface area contributed by atoms with Crippen LogP contribution in [0.4, 0.5) is 0 Å². The van der Waals surface area contributed by atoms with Gasteiger partial charge in [-0.25, -0.2) is 5.48 Å². The van der Waals surface area contributed by atoms with Crippen LogP contribution in [0, 0.1) is 0 Å². The van der Waals surface area contributed by atoms with Crippen LogP contribution >= 0.6 is 0 Å². The van der Waals surface area contributed by atoms with Gasteiger partial charge in [0.15, 0.2) is 0 Å². The third kappa shape index (κ3) is 1.73. The number of nitrogens with one attached hydrogen (secondary N) is 1. The van der Waals surface area contributed by atoms with Crippen LogP contribution in [0.2, 0.25) is 0 Å². The SMILES string of the molecule is C1CON1.[Na]. The Morgan fingerprint density at radius 2 is 1.80 bits per heavy atom. The van der Waals surface area contributed by atoms with Crippen LogP contribution in [-0.4, -0.2) is 42.7 Å². The molecule has 2 nitrogen and oxygen atoms in total. The van der Waals surface area contributed by atoms with Crippen LogP contribution in [0.5, 0.6) is 0 Å². The maximum absolute atomic E-state index is 4.47. The Bertz CT molecular complexity index is 17.6. The van der Waals surface area contributed by atoms with Gasteiger partial charge in [-0.1, -0.05) is 0 Å². The van der Waals surface area contributed by atoms with Crippen LogP contribution in [-0.2, 0) is 4.84 Å². The molecule has 1 aliphatic rings. The number of hydrogen-bond acceptors (Lipinski definition) is 2. The molecule has 0 aromatic heterocycles. The zero-order valence-electron chi connectivity index (χ0n) is 3.32. The van der Waals surface area contributed by atoms with E-state index in [1.165, 1.54) is 0 Å². The van der Waals surface area contributed by atoms with Gasteiger partial charge in [0, 0.05) is 36.1 Å². The molecule has 1 aliphatic heterocycles. The molecule has 1 radical (unpaired) electrons. The van der Waals surface area contributed by atoms with E-state index in [0.717, 1.165) is 13.2 Å². The predicted octanol–water partition coefficient (Wildman–Crippen LogP) is -0.860. The van der Waals surface area contributed by atoms with E-state index in [9.17, 15) is 0 Å². The van der Waals surface area contributed by atoms with Crippen molar-refractivity contribution >= 4 is 29.6 Å². The standard InChI is InChI=1S/C2H5NO.Na/c1-2-4-3-1;/h3H,1-2H2;. The van der Waals surface area contributed by atoms with Gasteiger partial charge < -0.3 is 4.84 Å². The maximum atomic E-state index is 4.47. The third-order valence-electron chi connectivity index (χ3n) is 0.408. The summed E-state index contributed by atoms with van der Waals surface area (Å²) in [5, 5.41) is 0. The van der Waals surface area contributed by atoms with E-state index >= 15 is 0 Å². The van der Waals surface area contributed by atoms with Crippen LogP contribution in [0.3, 0.4) is 0 Å². The molecule has 1 heterocycles. The average molecular weight is 82.1 g/mol. The smallest absolute Gasteiger partial charge is 0.0830 e. The largest absolute Gasteiger partial charge is 0.300 e. The Balaban J connectivity index is 0.000000160. The Kier molecular flexibility index (Phi) is 3.70. The molecule has 25 valence electrons. The normalized spacial score (nSPS) is 19.2. The molecule has 0 atom stereocenters. The first-order valence-electron chi connectivity index (χ1n) is 1.35. The molecule has 3 heteroatoms. The molecule has 0 aromatic rings. The van der Waals surface area contributed by atoms with Gasteiger partial charge in [0.05, 0.1) is 6.61 Å². The fraction of sp³-hybridized carbons (Fsp3) is 1.00. The van der Waals surface area contributed by atoms with E-state index in [1.54, 1.807) is 0 Å². The molecule has 5 heavy (non-hydrogen) atoms. The minimum atomic E-state index is 0. The van der Waals surface area contributed by atoms with Crippen molar-refractivity contribution in [1.82, 2.24) is 5.48 Å². The monoisotopic (exact) mass is 82.0 g/mol. The molecule has 0 aliphatic carbocycles. The summed E-state index contributed by atoms with van der Waals surface area (Å²) in [6.45, 7) is 1.92. The Morgan fingerprint density at radius 3 is 1.80 bits per heavy atom. The molecule has 1 fully saturated rings. The van der Waals surface area contributed by atoms with Crippen LogP contribution in [0.1, 0.15) is 0 Å². The second-order valence-electron chi connectivity index (χ2n) is 0.743. The number of hydroxylamine groups is 1. The van der Waals surface area contributed by atoms with E-state index in [2.05, 4.69) is 10.3 Å². The first kappa shape index (κ1) is 5.92. The second-order valence-corrected chi connectivity index (χ2v) is 0.743. The van der Waals surface area contributed by atoms with Gasteiger partial charge in [-0.2, -0.15) is 0 Å². The second kappa shape index (κ2) is 3.12. The fourth-order valence-corrected chi connectivity index (χ4v) is 0.102. The van der Waals surface area contributed by atoms with E-state index < -0.39 is 0 Å². The van der Waals surface area contributed by atoms with E-state index in [1.807, 2.05) is 0 Å². The quantitative estimate of drug-likeness (QED) is 0.384. The summed E-state index contributed by atoms with van der Waals surface area (Å²) in [7, 11) is 0. The molecule has 0 spiro atoms. The van der Waals surface area contributed by atoms with Gasteiger partial charge in [-0.3, -0.25) is 0 Å². The minimum absolute atomic E-state index is 0. The number of rotatable bonds is 0. The van der Waals surface area contributed by atoms with Crippen molar-refractivity contribution < 1.29 is 4.84 Å². The third-order valence-corrected chi connectivity index (χ3v) is 0.408. The summed E-state index contributed by atoms with van der Waals surface area (Å²) in [6.07, 6.45) is 0. The van der Waals surface area contributed by atoms with E-state index in [0.29, 0.717) is 0 Å². The van der Waals surface area contributed by atoms with Crippen molar-refractivity contribution in [3.63, 3.8) is 0 Å². The Morgan fingerprint density at radius 1 is 1.60 bits per heavy atom. The van der Waals surface area contributed by atoms with Gasteiger partial charge in [0.2, 0.25) is 0 Å². The van der Waals surface area contributed by atoms with Crippen molar-refractivity contribution in [2.75, 3.05) is 13.2 Å². The molecule has 0 bridgehead atoms. The maximum Gasteiger partial charge on any atom is 0.0830 e. The average Bonchev–Trinajstić information content (AvgIpc) is 0.722. The minimum Gasteiger partial charge on any atom is -0.300 e. The van der Waals surface area contributed by atoms with Crippen molar-refractivity contribution in [2.24, 2.45) is 0 Å². The summed E-state index contributed by atoms with van der Waals surface area (Å²) >= 11 is 0. The summed E-state index contributed by atoms with van der Waals surface area (Å²) in [6, 6.07) is 0. The van der Waals surface area contributed by atoms with Crippen LogP contribution in [0.25, 0.3) is 0 Å². The van der Waals surface area contributed by atoms with Crippen LogP contribution < -0.4 is 5.48 Å². The van der Waals surface area contributed by atoms with Crippen molar-refractivity contribution in [1.29, 1.82) is 0 Å². The van der Waals surface area contributed by atoms with Crippen molar-refractivity contribution in [3.8, 4) is 0 Å². The molecule has 1 N–H and O–H groups in total. The molecule has 0 amide bonds. The molecule has 0 unspecified atom stereocenters. The topological polar surface area (TPSA) is 21.3 Å². The molecule has 1 rings (SSSR count). The summed E-state index contributed by atoms with van der Waals surface area (Å²) < 4.78 is 0. The summed E-state index contributed by atoms with van der Waals surface area (Å²) in [5.41, 5.74) is 2.61. The first-order chi connectivity index (χ1) is 2.00. The summed E-state index contributed by atoms with van der Waals surface area (Å²) in [4.78, 5) is 4.47. The van der Waals surface area contributed by atoms with E-state index in [-0.39, 0.29) is 29.6 Å². The zero-order chi connectivity index (χ0) is 2.83. The Hall–Kier alpha value is 0.920.